The molecule has 79 heavy (non-hydrogen) atoms. The fourth-order valence-electron chi connectivity index (χ4n) is 10.8. The number of carbonyl (C=O) groups excluding carboxylic acids is 1. The van der Waals surface area contributed by atoms with E-state index in [0.29, 0.717) is 6.42 Å². The van der Waals surface area contributed by atoms with Crippen LogP contribution in [0.2, 0.25) is 0 Å². The molecular formula is C75H137NO3. The summed E-state index contributed by atoms with van der Waals surface area (Å²) < 4.78 is 0. The molecule has 0 aliphatic heterocycles. The van der Waals surface area contributed by atoms with Crippen molar-refractivity contribution < 1.29 is 15.0 Å². The molecule has 0 aromatic carbocycles. The molecule has 0 aromatic heterocycles. The summed E-state index contributed by atoms with van der Waals surface area (Å²) in [6.07, 6.45) is 103. The standard InChI is InChI=1S/C75H137NO3/c1-3-5-7-9-11-13-15-17-19-21-23-25-27-29-31-32-33-34-35-36-37-38-39-40-41-42-43-44-45-47-49-51-53-55-57-59-61-63-65-67-69-71-75(79)76-73(72-77)74(78)70-68-66-64-62-60-58-56-54-52-50-48-46-30-28-26-24-22-20-18-16-14-12-10-8-6-4-2/h5,7,11,13,17,19,23,25,52,54,60,62,68,70,73-74,77-78H,3-4,6,8-10,12,14-16,18,20-22,24,26-51,53,55-59,61,63-67,69,71-72H2,1-2H3,(H,76,79)/b7-5-,13-11-,19-17-,25-23-,54-52+,62-60+,70-68+. The number of amides is 1. The minimum Gasteiger partial charge on any atom is -0.394 e. The van der Waals surface area contributed by atoms with Gasteiger partial charge in [-0.25, -0.2) is 0 Å². The summed E-state index contributed by atoms with van der Waals surface area (Å²) in [7, 11) is 0. The lowest BCUT2D eigenvalue weighted by atomic mass is 10.0. The molecule has 0 heterocycles. The molecule has 4 nitrogen and oxygen atoms in total. The number of unbranched alkanes of at least 4 members (excludes halogenated alkanes) is 46. The van der Waals surface area contributed by atoms with Crippen LogP contribution in [0, 0.1) is 0 Å². The van der Waals surface area contributed by atoms with Crippen LogP contribution >= 0.6 is 0 Å². The van der Waals surface area contributed by atoms with Gasteiger partial charge in [0.1, 0.15) is 0 Å². The highest BCUT2D eigenvalue weighted by Gasteiger charge is 2.18. The summed E-state index contributed by atoms with van der Waals surface area (Å²) in [5, 5.41) is 23.2. The van der Waals surface area contributed by atoms with E-state index < -0.39 is 12.1 Å². The first kappa shape index (κ1) is 76.6. The molecule has 0 rings (SSSR count). The number of allylic oxidation sites excluding steroid dienone is 13. The largest absolute Gasteiger partial charge is 0.394 e. The van der Waals surface area contributed by atoms with Gasteiger partial charge in [0.05, 0.1) is 18.8 Å². The topological polar surface area (TPSA) is 69.6 Å². The molecule has 4 heteroatoms. The molecule has 2 atom stereocenters. The molecule has 0 bridgehead atoms. The predicted molar refractivity (Wildman–Crippen MR) is 354 cm³/mol. The molecule has 2 unspecified atom stereocenters. The first-order valence-corrected chi connectivity index (χ1v) is 35.3. The van der Waals surface area contributed by atoms with E-state index in [4.69, 9.17) is 0 Å². The Morgan fingerprint density at radius 3 is 0.886 bits per heavy atom. The average molecular weight is 1100 g/mol. The van der Waals surface area contributed by atoms with E-state index in [9.17, 15) is 15.0 Å². The van der Waals surface area contributed by atoms with Crippen LogP contribution in [0.15, 0.2) is 85.1 Å². The molecule has 0 saturated heterocycles. The molecule has 0 saturated carbocycles. The minimum atomic E-state index is -0.873. The molecule has 3 N–H and O–H groups in total. The van der Waals surface area contributed by atoms with Gasteiger partial charge in [-0.2, -0.15) is 0 Å². The monoisotopic (exact) mass is 1100 g/mol. The van der Waals surface area contributed by atoms with Crippen molar-refractivity contribution in [3.05, 3.63) is 85.1 Å². The van der Waals surface area contributed by atoms with Gasteiger partial charge in [-0.15, -0.1) is 0 Å². The smallest absolute Gasteiger partial charge is 0.220 e. The maximum Gasteiger partial charge on any atom is 0.220 e. The number of aliphatic hydroxyl groups excluding tert-OH is 2. The van der Waals surface area contributed by atoms with Crippen molar-refractivity contribution in [1.29, 1.82) is 0 Å². The third-order valence-corrected chi connectivity index (χ3v) is 16.1. The van der Waals surface area contributed by atoms with E-state index in [-0.39, 0.29) is 12.5 Å². The van der Waals surface area contributed by atoms with Crippen LogP contribution < -0.4 is 5.32 Å². The van der Waals surface area contributed by atoms with Gasteiger partial charge in [0.2, 0.25) is 5.91 Å². The summed E-state index contributed by atoms with van der Waals surface area (Å²) in [6, 6.07) is -0.648. The molecule has 0 radical (unpaired) electrons. The number of rotatable bonds is 65. The van der Waals surface area contributed by atoms with E-state index in [1.165, 1.54) is 283 Å². The number of hydrogen-bond acceptors (Lipinski definition) is 3. The van der Waals surface area contributed by atoms with Gasteiger partial charge < -0.3 is 15.5 Å². The van der Waals surface area contributed by atoms with Crippen LogP contribution in [0.3, 0.4) is 0 Å². The third kappa shape index (κ3) is 66.3. The van der Waals surface area contributed by atoms with E-state index in [0.717, 1.165) is 64.2 Å². The Kier molecular flexibility index (Phi) is 67.7. The third-order valence-electron chi connectivity index (χ3n) is 16.1. The average Bonchev–Trinajstić information content (AvgIpc) is 3.45. The fourth-order valence-corrected chi connectivity index (χ4v) is 10.8. The van der Waals surface area contributed by atoms with Gasteiger partial charge >= 0.3 is 0 Å². The second-order valence-corrected chi connectivity index (χ2v) is 23.9. The summed E-state index contributed by atoms with van der Waals surface area (Å²) >= 11 is 0. The van der Waals surface area contributed by atoms with Crippen molar-refractivity contribution in [3.8, 4) is 0 Å². The molecule has 460 valence electrons. The van der Waals surface area contributed by atoms with E-state index >= 15 is 0 Å². The van der Waals surface area contributed by atoms with Crippen LogP contribution in [0.5, 0.6) is 0 Å². The highest BCUT2D eigenvalue weighted by molar-refractivity contribution is 5.76. The van der Waals surface area contributed by atoms with Gasteiger partial charge in [-0.05, 0) is 83.5 Å². The molecule has 0 aliphatic carbocycles. The van der Waals surface area contributed by atoms with Gasteiger partial charge in [-0.3, -0.25) is 4.79 Å². The summed E-state index contributed by atoms with van der Waals surface area (Å²) in [4.78, 5) is 12.5. The normalized spacial score (nSPS) is 13.2. The Bertz CT molecular complexity index is 1390. The Labute approximate surface area is 494 Å². The van der Waals surface area contributed by atoms with Crippen molar-refractivity contribution in [2.24, 2.45) is 0 Å². The van der Waals surface area contributed by atoms with Gasteiger partial charge in [-0.1, -0.05) is 362 Å². The summed E-state index contributed by atoms with van der Waals surface area (Å²) in [5.74, 6) is -0.0722. The quantitative estimate of drug-likeness (QED) is 0.0420. The lowest BCUT2D eigenvalue weighted by Gasteiger charge is -2.19. The highest BCUT2D eigenvalue weighted by atomic mass is 16.3. The molecule has 0 spiro atoms. The zero-order chi connectivity index (χ0) is 56.9. The van der Waals surface area contributed by atoms with Crippen LogP contribution in [-0.2, 0) is 4.79 Å². The summed E-state index contributed by atoms with van der Waals surface area (Å²) in [5.41, 5.74) is 0. The number of aliphatic hydroxyl groups is 2. The van der Waals surface area contributed by atoms with Crippen molar-refractivity contribution >= 4 is 5.91 Å². The lowest BCUT2D eigenvalue weighted by molar-refractivity contribution is -0.123. The van der Waals surface area contributed by atoms with Crippen LogP contribution in [0.25, 0.3) is 0 Å². The van der Waals surface area contributed by atoms with E-state index in [2.05, 4.69) is 92.1 Å². The Hall–Kier alpha value is -2.43. The van der Waals surface area contributed by atoms with Crippen molar-refractivity contribution in [3.63, 3.8) is 0 Å². The fraction of sp³-hybridized carbons (Fsp3) is 0.800. The molecule has 0 aromatic rings. The number of carbonyl (C=O) groups is 1. The zero-order valence-corrected chi connectivity index (χ0v) is 53.1. The van der Waals surface area contributed by atoms with Crippen molar-refractivity contribution in [2.75, 3.05) is 6.61 Å². The Morgan fingerprint density at radius 2 is 0.570 bits per heavy atom. The zero-order valence-electron chi connectivity index (χ0n) is 53.1. The Balaban J connectivity index is 3.45. The second-order valence-electron chi connectivity index (χ2n) is 23.9. The maximum absolute atomic E-state index is 12.5. The predicted octanol–water partition coefficient (Wildman–Crippen LogP) is 24.2. The highest BCUT2D eigenvalue weighted by Crippen LogP contribution is 2.18. The number of nitrogens with one attached hydrogen (secondary N) is 1. The minimum absolute atomic E-state index is 0.0722. The van der Waals surface area contributed by atoms with Crippen LogP contribution in [-0.4, -0.2) is 34.9 Å². The van der Waals surface area contributed by atoms with Gasteiger partial charge in [0.25, 0.3) is 0 Å². The van der Waals surface area contributed by atoms with Gasteiger partial charge in [0.15, 0.2) is 0 Å². The lowest BCUT2D eigenvalue weighted by Crippen LogP contribution is -2.45. The summed E-state index contributed by atoms with van der Waals surface area (Å²) in [6.45, 7) is 4.21. The molecule has 0 aliphatic rings. The second kappa shape index (κ2) is 69.8. The van der Waals surface area contributed by atoms with E-state index in [1.54, 1.807) is 6.08 Å². The van der Waals surface area contributed by atoms with Gasteiger partial charge in [0, 0.05) is 6.42 Å². The molecule has 1 amide bonds. The van der Waals surface area contributed by atoms with Crippen molar-refractivity contribution in [2.45, 2.75) is 379 Å². The SMILES string of the molecule is CC/C=C\C/C=C\C/C=C\C/C=C\CCCCCCCCCCCCCCCCCCCCCCCCCCCCCCC(=O)NC(CO)C(O)/C=C/CC/C=C/CC/C=C/CCCCCCCCCCCCCCCCCC. The Morgan fingerprint density at radius 1 is 0.316 bits per heavy atom. The van der Waals surface area contributed by atoms with Crippen molar-refractivity contribution in [1.82, 2.24) is 5.32 Å². The first-order valence-electron chi connectivity index (χ1n) is 35.3. The maximum atomic E-state index is 12.5. The first-order chi connectivity index (χ1) is 39.2. The molecule has 0 fully saturated rings. The van der Waals surface area contributed by atoms with E-state index in [1.807, 2.05) is 6.08 Å². The molecular weight excluding hydrogens is 963 g/mol. The van der Waals surface area contributed by atoms with Crippen LogP contribution in [0.1, 0.15) is 367 Å². The number of hydrogen-bond donors (Lipinski definition) is 3. The van der Waals surface area contributed by atoms with Crippen LogP contribution in [0.4, 0.5) is 0 Å².